The Morgan fingerprint density at radius 3 is 2.25 bits per heavy atom. The van der Waals surface area contributed by atoms with Crippen molar-refractivity contribution >= 4 is 11.4 Å². The van der Waals surface area contributed by atoms with Gasteiger partial charge in [-0.25, -0.2) is 0 Å². The first-order valence-corrected chi connectivity index (χ1v) is 8.22. The van der Waals surface area contributed by atoms with Crippen molar-refractivity contribution in [2.24, 2.45) is 23.2 Å². The van der Waals surface area contributed by atoms with Gasteiger partial charge in [0.05, 0.1) is 11.4 Å². The molecule has 1 aromatic rings. The largest absolute Gasteiger partial charge is 0.397 e. The molecule has 0 aromatic heterocycles. The first kappa shape index (κ1) is 12.6. The minimum Gasteiger partial charge on any atom is -0.397 e. The molecule has 0 amide bonds. The van der Waals surface area contributed by atoms with Crippen molar-refractivity contribution in [1.82, 2.24) is 0 Å². The lowest BCUT2D eigenvalue weighted by atomic mass is 9.49. The second-order valence-electron chi connectivity index (χ2n) is 7.81. The van der Waals surface area contributed by atoms with Gasteiger partial charge in [-0.1, -0.05) is 12.1 Å². The summed E-state index contributed by atoms with van der Waals surface area (Å²) in [5, 5.41) is 3.71. The molecule has 4 fully saturated rings. The number of nitrogens with two attached hydrogens (primary N) is 1. The maximum Gasteiger partial charge on any atom is 0.0603 e. The average molecular weight is 270 g/mol. The van der Waals surface area contributed by atoms with Crippen LogP contribution < -0.4 is 11.1 Å². The Bertz CT molecular complexity index is 465. The van der Waals surface area contributed by atoms with Crippen molar-refractivity contribution in [3.8, 4) is 0 Å². The highest BCUT2D eigenvalue weighted by atomic mass is 14.9. The Balaban J connectivity index is 1.52. The van der Waals surface area contributed by atoms with E-state index in [-0.39, 0.29) is 0 Å². The lowest BCUT2D eigenvalue weighted by molar-refractivity contribution is -0.0444. The molecule has 108 valence electrons. The number of hydrogen-bond donors (Lipinski definition) is 2. The molecule has 3 N–H and O–H groups in total. The molecular weight excluding hydrogens is 244 g/mol. The molecule has 2 heteroatoms. The zero-order chi connectivity index (χ0) is 13.7. The predicted octanol–water partition coefficient (Wildman–Crippen LogP) is 4.21. The highest BCUT2D eigenvalue weighted by molar-refractivity contribution is 5.69. The van der Waals surface area contributed by atoms with Gasteiger partial charge in [0, 0.05) is 6.54 Å². The summed E-state index contributed by atoms with van der Waals surface area (Å²) in [6.07, 6.45) is 8.93. The van der Waals surface area contributed by atoms with Gasteiger partial charge in [-0.3, -0.25) is 0 Å². The standard InChI is InChI=1S/C18H26N2/c1-12-3-2-4-16(19)17(12)20-11-18-8-13-5-14(9-18)7-15(6-13)10-18/h2-4,13-15,20H,5-11,19H2,1H3. The maximum atomic E-state index is 6.14. The summed E-state index contributed by atoms with van der Waals surface area (Å²) < 4.78 is 0. The summed E-state index contributed by atoms with van der Waals surface area (Å²) >= 11 is 0. The van der Waals surface area contributed by atoms with E-state index in [1.54, 1.807) is 0 Å². The number of nitrogen functional groups attached to an aromatic ring is 1. The molecule has 0 spiro atoms. The molecule has 0 atom stereocenters. The molecule has 4 bridgehead atoms. The predicted molar refractivity (Wildman–Crippen MR) is 84.7 cm³/mol. The van der Waals surface area contributed by atoms with Gasteiger partial charge in [0.15, 0.2) is 0 Å². The molecule has 4 aliphatic carbocycles. The van der Waals surface area contributed by atoms with Crippen LogP contribution in [0.15, 0.2) is 18.2 Å². The molecule has 0 unspecified atom stereocenters. The Hall–Kier alpha value is -1.18. The Kier molecular flexibility index (Phi) is 2.77. The van der Waals surface area contributed by atoms with Gasteiger partial charge in [0.1, 0.15) is 0 Å². The molecule has 4 saturated carbocycles. The summed E-state index contributed by atoms with van der Waals surface area (Å²) in [6, 6.07) is 6.20. The molecule has 0 radical (unpaired) electrons. The number of hydrogen-bond acceptors (Lipinski definition) is 2. The van der Waals surface area contributed by atoms with Crippen molar-refractivity contribution < 1.29 is 0 Å². The Labute approximate surface area is 122 Å². The van der Waals surface area contributed by atoms with Crippen LogP contribution in [0.25, 0.3) is 0 Å². The third-order valence-electron chi connectivity index (χ3n) is 6.11. The molecular formula is C18H26N2. The van der Waals surface area contributed by atoms with Crippen LogP contribution in [0, 0.1) is 30.1 Å². The lowest BCUT2D eigenvalue weighted by Gasteiger charge is -2.57. The molecule has 0 saturated heterocycles. The number of benzene rings is 1. The molecule has 4 aliphatic rings. The Morgan fingerprint density at radius 2 is 1.70 bits per heavy atom. The van der Waals surface area contributed by atoms with Crippen LogP contribution in [0.2, 0.25) is 0 Å². The molecule has 1 aromatic carbocycles. The molecule has 0 aliphatic heterocycles. The van der Waals surface area contributed by atoms with Gasteiger partial charge in [-0.2, -0.15) is 0 Å². The zero-order valence-corrected chi connectivity index (χ0v) is 12.5. The van der Waals surface area contributed by atoms with E-state index in [1.807, 2.05) is 12.1 Å². The summed E-state index contributed by atoms with van der Waals surface area (Å²) in [7, 11) is 0. The fraction of sp³-hybridized carbons (Fsp3) is 0.667. The fourth-order valence-electron chi connectivity index (χ4n) is 5.71. The summed E-state index contributed by atoms with van der Waals surface area (Å²) in [6.45, 7) is 3.28. The quantitative estimate of drug-likeness (QED) is 0.808. The molecule has 0 heterocycles. The van der Waals surface area contributed by atoms with Crippen molar-refractivity contribution in [1.29, 1.82) is 0 Å². The van der Waals surface area contributed by atoms with E-state index in [9.17, 15) is 0 Å². The van der Waals surface area contributed by atoms with Crippen LogP contribution >= 0.6 is 0 Å². The first-order valence-electron chi connectivity index (χ1n) is 8.22. The minimum absolute atomic E-state index is 0.573. The SMILES string of the molecule is Cc1cccc(N)c1NCC12CC3CC(CC(C3)C1)C2. The monoisotopic (exact) mass is 270 g/mol. The van der Waals surface area contributed by atoms with Gasteiger partial charge in [-0.05, 0) is 80.2 Å². The lowest BCUT2D eigenvalue weighted by Crippen LogP contribution is -2.49. The minimum atomic E-state index is 0.573. The van der Waals surface area contributed by atoms with Crippen LogP contribution in [0.1, 0.15) is 44.1 Å². The zero-order valence-electron chi connectivity index (χ0n) is 12.5. The normalized spacial score (nSPS) is 38.1. The van der Waals surface area contributed by atoms with Crippen molar-refractivity contribution in [3.05, 3.63) is 23.8 Å². The van der Waals surface area contributed by atoms with E-state index in [1.165, 1.54) is 49.8 Å². The van der Waals surface area contributed by atoms with E-state index >= 15 is 0 Å². The smallest absolute Gasteiger partial charge is 0.0603 e. The van der Waals surface area contributed by atoms with E-state index < -0.39 is 0 Å². The summed E-state index contributed by atoms with van der Waals surface area (Å²) in [5.74, 6) is 3.08. The molecule has 2 nitrogen and oxygen atoms in total. The van der Waals surface area contributed by atoms with Crippen LogP contribution in [0.4, 0.5) is 11.4 Å². The highest BCUT2D eigenvalue weighted by Crippen LogP contribution is 2.59. The topological polar surface area (TPSA) is 38.0 Å². The van der Waals surface area contributed by atoms with E-state index in [0.29, 0.717) is 5.41 Å². The highest BCUT2D eigenvalue weighted by Gasteiger charge is 2.50. The third kappa shape index (κ3) is 2.01. The van der Waals surface area contributed by atoms with Crippen LogP contribution in [-0.4, -0.2) is 6.54 Å². The number of rotatable bonds is 3. The van der Waals surface area contributed by atoms with Crippen LogP contribution in [0.3, 0.4) is 0 Å². The summed E-state index contributed by atoms with van der Waals surface area (Å²) in [4.78, 5) is 0. The maximum absolute atomic E-state index is 6.14. The van der Waals surface area contributed by atoms with Gasteiger partial charge in [0.2, 0.25) is 0 Å². The second kappa shape index (κ2) is 4.41. The summed E-state index contributed by atoms with van der Waals surface area (Å²) in [5.41, 5.74) is 10.0. The molecule has 5 rings (SSSR count). The average Bonchev–Trinajstić information content (AvgIpc) is 2.36. The van der Waals surface area contributed by atoms with Gasteiger partial charge < -0.3 is 11.1 Å². The van der Waals surface area contributed by atoms with Crippen molar-refractivity contribution in [3.63, 3.8) is 0 Å². The van der Waals surface area contributed by atoms with E-state index in [0.717, 1.165) is 30.0 Å². The number of para-hydroxylation sites is 1. The van der Waals surface area contributed by atoms with Crippen LogP contribution in [-0.2, 0) is 0 Å². The number of nitrogens with one attached hydrogen (secondary N) is 1. The van der Waals surface area contributed by atoms with Crippen molar-refractivity contribution in [2.75, 3.05) is 17.6 Å². The van der Waals surface area contributed by atoms with Crippen molar-refractivity contribution in [2.45, 2.75) is 45.4 Å². The Morgan fingerprint density at radius 1 is 1.10 bits per heavy atom. The second-order valence-corrected chi connectivity index (χ2v) is 7.81. The molecule has 20 heavy (non-hydrogen) atoms. The van der Waals surface area contributed by atoms with E-state index in [4.69, 9.17) is 5.73 Å². The fourth-order valence-corrected chi connectivity index (χ4v) is 5.71. The van der Waals surface area contributed by atoms with Gasteiger partial charge >= 0.3 is 0 Å². The first-order chi connectivity index (χ1) is 9.63. The number of aryl methyl sites for hydroxylation is 1. The third-order valence-corrected chi connectivity index (χ3v) is 6.11. The van der Waals surface area contributed by atoms with Gasteiger partial charge in [-0.15, -0.1) is 0 Å². The van der Waals surface area contributed by atoms with Crippen LogP contribution in [0.5, 0.6) is 0 Å². The number of anilines is 2. The van der Waals surface area contributed by atoms with E-state index in [2.05, 4.69) is 18.3 Å². The van der Waals surface area contributed by atoms with Gasteiger partial charge in [0.25, 0.3) is 0 Å².